The Hall–Kier alpha value is -1.66. The van der Waals surface area contributed by atoms with Crippen LogP contribution >= 0.6 is 11.9 Å². The van der Waals surface area contributed by atoms with Crippen LogP contribution in [-0.4, -0.2) is 49.7 Å². The molecule has 1 aliphatic heterocycles. The lowest BCUT2D eigenvalue weighted by molar-refractivity contribution is 0.380. The number of allylic oxidation sites excluding steroid dienone is 1. The molecule has 6 heteroatoms. The van der Waals surface area contributed by atoms with E-state index < -0.39 is 0 Å². The summed E-state index contributed by atoms with van der Waals surface area (Å²) in [6.07, 6.45) is 8.08. The van der Waals surface area contributed by atoms with Gasteiger partial charge in [-0.15, -0.1) is 0 Å². The van der Waals surface area contributed by atoms with Crippen molar-refractivity contribution >= 4 is 29.4 Å². The van der Waals surface area contributed by atoms with Gasteiger partial charge in [-0.05, 0) is 70.8 Å². The van der Waals surface area contributed by atoms with E-state index in [1.807, 2.05) is 20.3 Å². The van der Waals surface area contributed by atoms with Crippen LogP contribution in [0.3, 0.4) is 0 Å². The van der Waals surface area contributed by atoms with Gasteiger partial charge in [-0.25, -0.2) is 0 Å². The Morgan fingerprint density at radius 2 is 2.15 bits per heavy atom. The summed E-state index contributed by atoms with van der Waals surface area (Å²) in [7, 11) is 6.21. The molecule has 5 nitrogen and oxygen atoms in total. The van der Waals surface area contributed by atoms with E-state index in [0.717, 1.165) is 29.7 Å². The summed E-state index contributed by atoms with van der Waals surface area (Å²) < 4.78 is 8.32. The number of aliphatic imine (C=N–C) groups is 1. The van der Waals surface area contributed by atoms with E-state index in [1.54, 1.807) is 18.1 Å². The van der Waals surface area contributed by atoms with Crippen LogP contribution < -0.4 is 15.4 Å². The zero-order valence-corrected chi connectivity index (χ0v) is 17.1. The molecule has 1 atom stereocenters. The molecule has 2 aliphatic rings. The van der Waals surface area contributed by atoms with Crippen molar-refractivity contribution in [2.75, 3.05) is 32.0 Å². The lowest BCUT2D eigenvalue weighted by Crippen LogP contribution is -2.33. The maximum atomic E-state index is 6.27. The van der Waals surface area contributed by atoms with E-state index in [1.165, 1.54) is 24.1 Å². The largest absolute Gasteiger partial charge is 0.481 e. The molecule has 0 amide bonds. The normalized spacial score (nSPS) is 20.7. The molecule has 1 aliphatic carbocycles. The fourth-order valence-electron chi connectivity index (χ4n) is 3.17. The molecule has 0 saturated heterocycles. The number of nitrogens with two attached hydrogens (primary N) is 1. The first-order valence-electron chi connectivity index (χ1n) is 9.28. The van der Waals surface area contributed by atoms with Crippen LogP contribution in [0.15, 0.2) is 23.3 Å². The highest BCUT2D eigenvalue weighted by Crippen LogP contribution is 2.41. The lowest BCUT2D eigenvalue weighted by atomic mass is 9.92. The molecule has 1 fully saturated rings. The number of nitrogens with zero attached hydrogens (tertiary/aromatic N) is 3. The minimum Gasteiger partial charge on any atom is -0.481 e. The molecular weight excluding hydrogens is 344 g/mol. The van der Waals surface area contributed by atoms with Gasteiger partial charge in [0.25, 0.3) is 0 Å². The molecule has 142 valence electrons. The SMILES string of the molecule is CC1CCc2c(ccc(C(C=NC3CC3)=CN)c2OCSN(C)C)N1C. The van der Waals surface area contributed by atoms with E-state index >= 15 is 0 Å². The zero-order chi connectivity index (χ0) is 18.7. The Morgan fingerprint density at radius 1 is 1.38 bits per heavy atom. The molecule has 1 aromatic rings. The molecule has 1 heterocycles. The van der Waals surface area contributed by atoms with Crippen LogP contribution in [0.4, 0.5) is 5.69 Å². The fourth-order valence-corrected chi connectivity index (χ4v) is 3.55. The highest BCUT2D eigenvalue weighted by Gasteiger charge is 2.26. The van der Waals surface area contributed by atoms with Gasteiger partial charge in [0.15, 0.2) is 0 Å². The van der Waals surface area contributed by atoms with Crippen molar-refractivity contribution in [1.29, 1.82) is 0 Å². The molecule has 26 heavy (non-hydrogen) atoms. The Labute approximate surface area is 161 Å². The number of benzene rings is 1. The Kier molecular flexibility index (Phi) is 6.14. The third-order valence-electron chi connectivity index (χ3n) is 5.07. The van der Waals surface area contributed by atoms with Crippen LogP contribution in [0.1, 0.15) is 37.3 Å². The molecule has 0 radical (unpaired) electrons. The first-order valence-corrected chi connectivity index (χ1v) is 10.2. The van der Waals surface area contributed by atoms with Crippen molar-refractivity contribution in [2.24, 2.45) is 10.7 Å². The van der Waals surface area contributed by atoms with E-state index in [2.05, 4.69) is 40.3 Å². The summed E-state index contributed by atoms with van der Waals surface area (Å²) in [6, 6.07) is 5.34. The summed E-state index contributed by atoms with van der Waals surface area (Å²) in [5, 5.41) is 0. The van der Waals surface area contributed by atoms with E-state index in [9.17, 15) is 0 Å². The average molecular weight is 375 g/mol. The van der Waals surface area contributed by atoms with Crippen LogP contribution in [0.5, 0.6) is 5.75 Å². The van der Waals surface area contributed by atoms with Crippen molar-refractivity contribution < 1.29 is 4.74 Å². The molecule has 0 aromatic heterocycles. The molecule has 0 spiro atoms. The van der Waals surface area contributed by atoms with Gasteiger partial charge in [0.1, 0.15) is 11.7 Å². The zero-order valence-electron chi connectivity index (χ0n) is 16.2. The smallest absolute Gasteiger partial charge is 0.148 e. The first kappa shape index (κ1) is 19.1. The van der Waals surface area contributed by atoms with E-state index in [0.29, 0.717) is 18.0 Å². The fraction of sp³-hybridized carbons (Fsp3) is 0.550. The molecule has 3 rings (SSSR count). The Balaban J connectivity index is 1.96. The molecular formula is C20H30N4OS. The first-order chi connectivity index (χ1) is 12.5. The number of fused-ring (bicyclic) bond motifs is 1. The third kappa shape index (κ3) is 4.35. The summed E-state index contributed by atoms with van der Waals surface area (Å²) in [6.45, 7) is 2.27. The van der Waals surface area contributed by atoms with Gasteiger partial charge in [0.05, 0.1) is 6.04 Å². The lowest BCUT2D eigenvalue weighted by Gasteiger charge is -2.35. The molecule has 2 N–H and O–H groups in total. The Bertz CT molecular complexity index is 697. The van der Waals surface area contributed by atoms with Crippen LogP contribution in [-0.2, 0) is 6.42 Å². The number of ether oxygens (including phenoxy) is 1. The second kappa shape index (κ2) is 8.35. The quantitative estimate of drug-likeness (QED) is 0.449. The standard InChI is InChI=1S/C20H30N4OS/c1-14-5-8-18-19(24(14)4)10-9-17(20(18)25-13-26-23(2)3)15(11-21)12-22-16-6-7-16/h9-12,14,16H,5-8,13,21H2,1-4H3. The van der Waals surface area contributed by atoms with Gasteiger partial charge in [0.2, 0.25) is 0 Å². The minimum absolute atomic E-state index is 0.475. The predicted octanol–water partition coefficient (Wildman–Crippen LogP) is 3.54. The van der Waals surface area contributed by atoms with Crippen molar-refractivity contribution in [3.05, 3.63) is 29.5 Å². The molecule has 1 saturated carbocycles. The van der Waals surface area contributed by atoms with E-state index in [4.69, 9.17) is 10.5 Å². The highest BCUT2D eigenvalue weighted by molar-refractivity contribution is 7.96. The van der Waals surface area contributed by atoms with Crippen LogP contribution in [0.2, 0.25) is 0 Å². The maximum Gasteiger partial charge on any atom is 0.148 e. The number of hydrogen-bond donors (Lipinski definition) is 1. The van der Waals surface area contributed by atoms with Crippen molar-refractivity contribution in [3.8, 4) is 5.75 Å². The van der Waals surface area contributed by atoms with Gasteiger partial charge in [-0.1, -0.05) is 0 Å². The van der Waals surface area contributed by atoms with Crippen molar-refractivity contribution in [3.63, 3.8) is 0 Å². The van der Waals surface area contributed by atoms with E-state index in [-0.39, 0.29) is 0 Å². The summed E-state index contributed by atoms with van der Waals surface area (Å²) in [4.78, 5) is 6.97. The van der Waals surface area contributed by atoms with Gasteiger partial charge >= 0.3 is 0 Å². The minimum atomic E-state index is 0.475. The number of rotatable bonds is 7. The Morgan fingerprint density at radius 3 is 2.81 bits per heavy atom. The van der Waals surface area contributed by atoms with Gasteiger partial charge < -0.3 is 15.4 Å². The maximum absolute atomic E-state index is 6.27. The summed E-state index contributed by atoms with van der Waals surface area (Å²) in [5.41, 5.74) is 10.5. The second-order valence-corrected chi connectivity index (χ2v) is 8.50. The van der Waals surface area contributed by atoms with Crippen LogP contribution in [0.25, 0.3) is 5.57 Å². The highest BCUT2D eigenvalue weighted by atomic mass is 32.2. The third-order valence-corrected chi connectivity index (χ3v) is 5.80. The molecule has 0 bridgehead atoms. The second-order valence-electron chi connectivity index (χ2n) is 7.27. The van der Waals surface area contributed by atoms with Crippen LogP contribution in [0, 0.1) is 0 Å². The monoisotopic (exact) mass is 374 g/mol. The number of anilines is 1. The van der Waals surface area contributed by atoms with Crippen molar-refractivity contribution in [1.82, 2.24) is 4.31 Å². The topological polar surface area (TPSA) is 54.1 Å². The predicted molar refractivity (Wildman–Crippen MR) is 113 cm³/mol. The molecule has 1 unspecified atom stereocenters. The van der Waals surface area contributed by atoms with Crippen molar-refractivity contribution in [2.45, 2.75) is 44.7 Å². The summed E-state index contributed by atoms with van der Waals surface area (Å²) >= 11 is 1.65. The van der Waals surface area contributed by atoms with Gasteiger partial charge in [-0.3, -0.25) is 9.30 Å². The number of hydrogen-bond acceptors (Lipinski definition) is 6. The molecule has 1 aromatic carbocycles. The average Bonchev–Trinajstić information content (AvgIpc) is 3.43. The summed E-state index contributed by atoms with van der Waals surface area (Å²) in [5.74, 6) is 1.53. The van der Waals surface area contributed by atoms with Gasteiger partial charge in [-0.2, -0.15) is 0 Å². The van der Waals surface area contributed by atoms with Gasteiger partial charge in [0, 0.05) is 47.9 Å².